The molecule has 0 unspecified atom stereocenters. The smallest absolute Gasteiger partial charge is 0.273 e. The van der Waals surface area contributed by atoms with Crippen LogP contribution in [-0.2, 0) is 0 Å². The zero-order chi connectivity index (χ0) is 20.8. The molecule has 0 saturated carbocycles. The molecule has 10 heteroatoms. The molecule has 0 aliphatic carbocycles. The van der Waals surface area contributed by atoms with Gasteiger partial charge in [0.1, 0.15) is 0 Å². The van der Waals surface area contributed by atoms with Crippen LogP contribution in [0.3, 0.4) is 0 Å². The van der Waals surface area contributed by atoms with Crippen LogP contribution in [0.25, 0.3) is 22.7 Å². The molecule has 0 amide bonds. The van der Waals surface area contributed by atoms with Gasteiger partial charge in [0.05, 0.1) is 11.4 Å². The predicted molar refractivity (Wildman–Crippen MR) is 112 cm³/mol. The fraction of sp³-hybridized carbons (Fsp3) is 0.400. The molecule has 4 aromatic rings. The molecule has 1 aliphatic heterocycles. The largest absolute Gasteiger partial charge is 0.341 e. The number of H-pyrrole nitrogens is 1. The van der Waals surface area contributed by atoms with Crippen LogP contribution in [0.1, 0.15) is 31.3 Å². The molecule has 1 aliphatic rings. The highest BCUT2D eigenvalue weighted by atomic mass is 16.1. The number of nitrogens with zero attached hydrogens (tertiary/aromatic N) is 8. The van der Waals surface area contributed by atoms with E-state index in [0.717, 1.165) is 49.1 Å². The summed E-state index contributed by atoms with van der Waals surface area (Å²) in [7, 11) is 0. The van der Waals surface area contributed by atoms with Gasteiger partial charge in [-0.15, -0.1) is 15.3 Å². The van der Waals surface area contributed by atoms with Gasteiger partial charge in [-0.3, -0.25) is 9.89 Å². The minimum Gasteiger partial charge on any atom is -0.341 e. The highest BCUT2D eigenvalue weighted by molar-refractivity contribution is 5.61. The molecule has 0 atom stereocenters. The Morgan fingerprint density at radius 1 is 1.13 bits per heavy atom. The normalized spacial score (nSPS) is 15.2. The lowest BCUT2D eigenvalue weighted by molar-refractivity contribution is 0.434. The molecular formula is C20H23N9O. The van der Waals surface area contributed by atoms with Crippen LogP contribution in [0.2, 0.25) is 0 Å². The van der Waals surface area contributed by atoms with Gasteiger partial charge in [0.15, 0.2) is 17.3 Å². The number of rotatable bonds is 3. The summed E-state index contributed by atoms with van der Waals surface area (Å²) in [6.45, 7) is 7.98. The fourth-order valence-electron chi connectivity index (χ4n) is 3.79. The van der Waals surface area contributed by atoms with Crippen LogP contribution in [-0.4, -0.2) is 52.6 Å². The van der Waals surface area contributed by atoms with Crippen molar-refractivity contribution in [3.05, 3.63) is 46.3 Å². The number of piperidine rings is 1. The van der Waals surface area contributed by atoms with Gasteiger partial charge >= 0.3 is 0 Å². The maximum absolute atomic E-state index is 12.6. The second kappa shape index (κ2) is 7.05. The zero-order valence-electron chi connectivity index (χ0n) is 17.2. The van der Waals surface area contributed by atoms with E-state index in [1.54, 1.807) is 28.9 Å². The Morgan fingerprint density at radius 2 is 1.93 bits per heavy atom. The van der Waals surface area contributed by atoms with E-state index in [9.17, 15) is 4.79 Å². The van der Waals surface area contributed by atoms with E-state index >= 15 is 0 Å². The minimum absolute atomic E-state index is 0.212. The predicted octanol–water partition coefficient (Wildman–Crippen LogP) is 1.91. The molecule has 0 aromatic carbocycles. The van der Waals surface area contributed by atoms with E-state index in [2.05, 4.69) is 37.2 Å². The summed E-state index contributed by atoms with van der Waals surface area (Å²) in [5.74, 6) is 2.61. The number of aryl methyl sites for hydroxylation is 2. The van der Waals surface area contributed by atoms with Crippen molar-refractivity contribution in [1.29, 1.82) is 0 Å². The summed E-state index contributed by atoms with van der Waals surface area (Å²) in [6.07, 6.45) is 4.10. The number of hydrogen-bond donors (Lipinski definition) is 1. The van der Waals surface area contributed by atoms with Gasteiger partial charge in [0.25, 0.3) is 5.56 Å². The van der Waals surface area contributed by atoms with E-state index in [-0.39, 0.29) is 5.56 Å². The van der Waals surface area contributed by atoms with Gasteiger partial charge in [0, 0.05) is 30.9 Å². The van der Waals surface area contributed by atoms with Crippen LogP contribution >= 0.6 is 0 Å². The monoisotopic (exact) mass is 405 g/mol. The maximum atomic E-state index is 12.6. The first-order valence-corrected chi connectivity index (χ1v) is 10.1. The summed E-state index contributed by atoms with van der Waals surface area (Å²) in [5.41, 5.74) is 2.68. The molecule has 30 heavy (non-hydrogen) atoms. The SMILES string of the molecule is Cc1nc(N2CCC(C)CC2)ncc1-c1cc(=O)n(-c2ccc3nnc(C)n3n2)[nH]1. The Kier molecular flexibility index (Phi) is 4.34. The van der Waals surface area contributed by atoms with Crippen LogP contribution in [0.5, 0.6) is 0 Å². The lowest BCUT2D eigenvalue weighted by Crippen LogP contribution is -2.34. The maximum Gasteiger partial charge on any atom is 0.273 e. The highest BCUT2D eigenvalue weighted by Crippen LogP contribution is 2.24. The van der Waals surface area contributed by atoms with Gasteiger partial charge in [-0.05, 0) is 44.7 Å². The van der Waals surface area contributed by atoms with Crippen molar-refractivity contribution in [2.75, 3.05) is 18.0 Å². The Balaban J connectivity index is 1.48. The fourth-order valence-corrected chi connectivity index (χ4v) is 3.79. The van der Waals surface area contributed by atoms with E-state index in [0.29, 0.717) is 23.0 Å². The number of fused-ring (bicyclic) bond motifs is 1. The average Bonchev–Trinajstić information content (AvgIpc) is 3.31. The third kappa shape index (κ3) is 3.14. The molecule has 0 spiro atoms. The van der Waals surface area contributed by atoms with Crippen LogP contribution < -0.4 is 10.5 Å². The van der Waals surface area contributed by atoms with Crippen LogP contribution in [0.4, 0.5) is 5.95 Å². The molecule has 1 fully saturated rings. The lowest BCUT2D eigenvalue weighted by atomic mass is 10.00. The molecular weight excluding hydrogens is 382 g/mol. The topological polar surface area (TPSA) is 110 Å². The van der Waals surface area contributed by atoms with Crippen molar-refractivity contribution >= 4 is 11.6 Å². The van der Waals surface area contributed by atoms with Crippen LogP contribution in [0, 0.1) is 19.8 Å². The van der Waals surface area contributed by atoms with Crippen molar-refractivity contribution in [3.63, 3.8) is 0 Å². The molecule has 1 saturated heterocycles. The van der Waals surface area contributed by atoms with E-state index in [1.807, 2.05) is 13.8 Å². The number of nitrogens with one attached hydrogen (secondary N) is 1. The van der Waals surface area contributed by atoms with E-state index < -0.39 is 0 Å². The Bertz CT molecular complexity index is 1280. The molecule has 1 N–H and O–H groups in total. The first kappa shape index (κ1) is 18.5. The van der Waals surface area contributed by atoms with Crippen LogP contribution in [0.15, 0.2) is 29.2 Å². The van der Waals surface area contributed by atoms with E-state index in [1.165, 1.54) is 4.68 Å². The van der Waals surface area contributed by atoms with E-state index in [4.69, 9.17) is 4.98 Å². The Hall–Kier alpha value is -3.56. The molecule has 5 heterocycles. The highest BCUT2D eigenvalue weighted by Gasteiger charge is 2.19. The zero-order valence-corrected chi connectivity index (χ0v) is 17.2. The molecule has 4 aromatic heterocycles. The van der Waals surface area contributed by atoms with Crippen molar-refractivity contribution < 1.29 is 0 Å². The van der Waals surface area contributed by atoms with Gasteiger partial charge in [0.2, 0.25) is 5.95 Å². The second-order valence-electron chi connectivity index (χ2n) is 7.89. The first-order valence-electron chi connectivity index (χ1n) is 10.1. The minimum atomic E-state index is -0.212. The molecule has 0 bridgehead atoms. The number of aromatic amines is 1. The van der Waals surface area contributed by atoms with Gasteiger partial charge in [-0.25, -0.2) is 9.97 Å². The average molecular weight is 405 g/mol. The van der Waals surface area contributed by atoms with Crippen molar-refractivity contribution in [1.82, 2.24) is 39.6 Å². The first-order chi connectivity index (χ1) is 14.5. The molecule has 5 rings (SSSR count). The molecule has 154 valence electrons. The third-order valence-corrected chi connectivity index (χ3v) is 5.68. The van der Waals surface area contributed by atoms with Crippen molar-refractivity contribution in [2.24, 2.45) is 5.92 Å². The molecule has 10 nitrogen and oxygen atoms in total. The van der Waals surface area contributed by atoms with Crippen molar-refractivity contribution in [3.8, 4) is 17.1 Å². The summed E-state index contributed by atoms with van der Waals surface area (Å²) in [6, 6.07) is 5.05. The second-order valence-corrected chi connectivity index (χ2v) is 7.89. The Morgan fingerprint density at radius 3 is 2.70 bits per heavy atom. The Labute approximate surface area is 172 Å². The standard InChI is InChI=1S/C20H23N9O/c1-12-6-8-27(9-7-12)20-21-11-15(13(2)22-20)16-10-19(30)29(25-16)18-5-4-17-24-23-14(3)28(17)26-18/h4-5,10-12,25H,6-9H2,1-3H3. The summed E-state index contributed by atoms with van der Waals surface area (Å²) >= 11 is 0. The van der Waals surface area contributed by atoms with Gasteiger partial charge < -0.3 is 4.90 Å². The molecule has 0 radical (unpaired) electrons. The summed E-state index contributed by atoms with van der Waals surface area (Å²) in [5, 5.41) is 15.6. The number of hydrogen-bond acceptors (Lipinski definition) is 7. The lowest BCUT2D eigenvalue weighted by Gasteiger charge is -2.30. The summed E-state index contributed by atoms with van der Waals surface area (Å²) < 4.78 is 3.00. The number of anilines is 1. The quantitative estimate of drug-likeness (QED) is 0.554. The van der Waals surface area contributed by atoms with Crippen molar-refractivity contribution in [2.45, 2.75) is 33.6 Å². The van der Waals surface area contributed by atoms with Gasteiger partial charge in [-0.2, -0.15) is 9.20 Å². The summed E-state index contributed by atoms with van der Waals surface area (Å²) in [4.78, 5) is 24.1. The third-order valence-electron chi connectivity index (χ3n) is 5.68. The van der Waals surface area contributed by atoms with Gasteiger partial charge in [-0.1, -0.05) is 6.92 Å². The number of aromatic nitrogens is 8.